The van der Waals surface area contributed by atoms with Crippen LogP contribution in [-0.2, 0) is 27.5 Å². The van der Waals surface area contributed by atoms with Gasteiger partial charge in [0.25, 0.3) is 5.91 Å². The van der Waals surface area contributed by atoms with Gasteiger partial charge in [0, 0.05) is 13.2 Å². The van der Waals surface area contributed by atoms with E-state index in [0.29, 0.717) is 38.5 Å². The van der Waals surface area contributed by atoms with E-state index in [-0.39, 0.29) is 23.8 Å². The van der Waals surface area contributed by atoms with E-state index in [9.17, 15) is 14.4 Å². The minimum Gasteiger partial charge on any atom is -0.377 e. The first kappa shape index (κ1) is 22.3. The number of imide groups is 1. The molecule has 2 aliphatic rings. The summed E-state index contributed by atoms with van der Waals surface area (Å²) < 4.78 is 5.37. The fourth-order valence-corrected chi connectivity index (χ4v) is 5.02. The Bertz CT molecular complexity index is 805. The van der Waals surface area contributed by atoms with Crippen molar-refractivity contribution in [2.45, 2.75) is 65.6 Å². The molecule has 2 unspecified atom stereocenters. The maximum Gasteiger partial charge on any atom is 0.325 e. The lowest BCUT2D eigenvalue weighted by Gasteiger charge is -2.43. The second-order valence-electron chi connectivity index (χ2n) is 9.49. The van der Waals surface area contributed by atoms with Crippen molar-refractivity contribution >= 4 is 17.8 Å². The molecule has 4 amide bonds. The average molecular weight is 416 g/mol. The number of ether oxygens (including phenoxy) is 1. The van der Waals surface area contributed by atoms with Crippen molar-refractivity contribution in [2.75, 3.05) is 13.2 Å². The molecule has 0 radical (unpaired) electrons. The molecule has 7 heteroatoms. The van der Waals surface area contributed by atoms with Crippen molar-refractivity contribution in [1.82, 2.24) is 15.5 Å². The van der Waals surface area contributed by atoms with Crippen molar-refractivity contribution in [3.05, 3.63) is 35.4 Å². The van der Waals surface area contributed by atoms with Crippen LogP contribution in [0.5, 0.6) is 0 Å². The van der Waals surface area contributed by atoms with E-state index < -0.39 is 11.6 Å². The van der Waals surface area contributed by atoms with Gasteiger partial charge in [-0.05, 0) is 48.6 Å². The monoisotopic (exact) mass is 415 g/mol. The molecule has 1 saturated heterocycles. The normalized spacial score (nSPS) is 25.5. The number of carbonyl (C=O) groups excluding carboxylic acids is 3. The van der Waals surface area contributed by atoms with E-state index in [0.717, 1.165) is 22.4 Å². The third-order valence-corrected chi connectivity index (χ3v) is 5.91. The molecule has 1 saturated carbocycles. The van der Waals surface area contributed by atoms with Gasteiger partial charge in [0.15, 0.2) is 0 Å². The Morgan fingerprint density at radius 3 is 2.50 bits per heavy atom. The predicted molar refractivity (Wildman–Crippen MR) is 113 cm³/mol. The third kappa shape index (κ3) is 5.01. The Morgan fingerprint density at radius 1 is 1.20 bits per heavy atom. The van der Waals surface area contributed by atoms with Crippen LogP contribution in [-0.4, -0.2) is 41.4 Å². The Hall–Kier alpha value is -2.41. The van der Waals surface area contributed by atoms with Crippen LogP contribution in [0.25, 0.3) is 0 Å². The number of nitrogens with one attached hydrogen (secondary N) is 2. The minimum atomic E-state index is -0.880. The molecule has 30 heavy (non-hydrogen) atoms. The highest BCUT2D eigenvalue weighted by Gasteiger charge is 2.56. The lowest BCUT2D eigenvalue weighted by Crippen LogP contribution is -2.54. The zero-order valence-corrected chi connectivity index (χ0v) is 18.4. The summed E-state index contributed by atoms with van der Waals surface area (Å²) in [6, 6.07) is 7.32. The van der Waals surface area contributed by atoms with Crippen LogP contribution in [0.1, 0.15) is 58.1 Å². The number of rotatable bonds is 7. The molecule has 1 spiro atoms. The summed E-state index contributed by atoms with van der Waals surface area (Å²) >= 11 is 0. The molecule has 2 N–H and O–H groups in total. The van der Waals surface area contributed by atoms with Gasteiger partial charge in [0.1, 0.15) is 12.1 Å². The van der Waals surface area contributed by atoms with Gasteiger partial charge in [-0.3, -0.25) is 14.5 Å². The Kier molecular flexibility index (Phi) is 6.50. The summed E-state index contributed by atoms with van der Waals surface area (Å²) in [7, 11) is 0. The summed E-state index contributed by atoms with van der Waals surface area (Å²) in [4.78, 5) is 39.1. The molecule has 7 nitrogen and oxygen atoms in total. The maximum absolute atomic E-state index is 13.1. The van der Waals surface area contributed by atoms with Crippen molar-refractivity contribution in [2.24, 2.45) is 11.3 Å². The summed E-state index contributed by atoms with van der Waals surface area (Å²) in [5, 5.41) is 5.70. The van der Waals surface area contributed by atoms with E-state index in [1.165, 1.54) is 0 Å². The minimum absolute atomic E-state index is 0.0345. The van der Waals surface area contributed by atoms with Crippen LogP contribution in [0, 0.1) is 11.3 Å². The Labute approximate surface area is 178 Å². The fourth-order valence-electron chi connectivity index (χ4n) is 5.02. The first-order chi connectivity index (χ1) is 14.1. The molecule has 1 aliphatic heterocycles. The van der Waals surface area contributed by atoms with Crippen LogP contribution in [0.15, 0.2) is 24.3 Å². The Morgan fingerprint density at radius 2 is 1.87 bits per heavy atom. The maximum atomic E-state index is 13.1. The van der Waals surface area contributed by atoms with E-state index in [1.54, 1.807) is 0 Å². The molecule has 2 fully saturated rings. The molecular formula is C23H33N3O4. The number of amides is 4. The van der Waals surface area contributed by atoms with E-state index >= 15 is 0 Å². The number of carbonyl (C=O) groups is 3. The van der Waals surface area contributed by atoms with Gasteiger partial charge < -0.3 is 15.4 Å². The largest absolute Gasteiger partial charge is 0.377 e. The molecular weight excluding hydrogens is 382 g/mol. The highest BCUT2D eigenvalue weighted by molar-refractivity contribution is 6.09. The lowest BCUT2D eigenvalue weighted by atomic mass is 9.64. The summed E-state index contributed by atoms with van der Waals surface area (Å²) in [6.07, 6.45) is 2.23. The number of urea groups is 1. The first-order valence-electron chi connectivity index (χ1n) is 10.7. The van der Waals surface area contributed by atoms with Crippen LogP contribution in [0.4, 0.5) is 4.79 Å². The standard InChI is InChI=1S/C23H33N3O4/c1-5-30-14-18-8-6-17(7-9-18)12-24-19(27)13-26-20(28)23(25-21(26)29)11-16(2)10-22(3,4)15-23/h6-9,16H,5,10-15H2,1-4H3,(H,24,27)(H,25,29). The number of benzene rings is 1. The van der Waals surface area contributed by atoms with Gasteiger partial charge in [-0.2, -0.15) is 0 Å². The molecule has 1 aromatic carbocycles. The zero-order valence-electron chi connectivity index (χ0n) is 18.4. The van der Waals surface area contributed by atoms with Gasteiger partial charge in [0.05, 0.1) is 6.61 Å². The highest BCUT2D eigenvalue weighted by atomic mass is 16.5. The molecule has 3 rings (SSSR count). The molecule has 164 valence electrons. The van der Waals surface area contributed by atoms with E-state index in [1.807, 2.05) is 31.2 Å². The number of hydrogen-bond acceptors (Lipinski definition) is 4. The first-order valence-corrected chi connectivity index (χ1v) is 10.7. The van der Waals surface area contributed by atoms with Gasteiger partial charge in [-0.25, -0.2) is 4.79 Å². The molecule has 1 aliphatic carbocycles. The molecule has 1 aromatic rings. The second kappa shape index (κ2) is 8.76. The average Bonchev–Trinajstić information content (AvgIpc) is 2.87. The van der Waals surface area contributed by atoms with Gasteiger partial charge in [-0.15, -0.1) is 0 Å². The number of hydrogen-bond donors (Lipinski definition) is 2. The van der Waals surface area contributed by atoms with Crippen LogP contribution in [0.2, 0.25) is 0 Å². The van der Waals surface area contributed by atoms with Crippen molar-refractivity contribution in [3.63, 3.8) is 0 Å². The summed E-state index contributed by atoms with van der Waals surface area (Å²) in [5.41, 5.74) is 1.10. The zero-order chi connectivity index (χ0) is 21.9. The van der Waals surface area contributed by atoms with Crippen molar-refractivity contribution < 1.29 is 19.1 Å². The van der Waals surface area contributed by atoms with E-state index in [4.69, 9.17) is 4.74 Å². The Balaban J connectivity index is 1.56. The smallest absolute Gasteiger partial charge is 0.325 e. The fraction of sp³-hybridized carbons (Fsp3) is 0.609. The molecule has 0 aromatic heterocycles. The van der Waals surface area contributed by atoms with Gasteiger partial charge in [0.2, 0.25) is 5.91 Å². The molecule has 1 heterocycles. The second-order valence-corrected chi connectivity index (χ2v) is 9.49. The van der Waals surface area contributed by atoms with Gasteiger partial charge in [-0.1, -0.05) is 45.0 Å². The van der Waals surface area contributed by atoms with Gasteiger partial charge >= 0.3 is 6.03 Å². The molecule has 2 atom stereocenters. The van der Waals surface area contributed by atoms with E-state index in [2.05, 4.69) is 31.4 Å². The topological polar surface area (TPSA) is 87.7 Å². The van der Waals surface area contributed by atoms with Crippen molar-refractivity contribution in [1.29, 1.82) is 0 Å². The van der Waals surface area contributed by atoms with Crippen LogP contribution >= 0.6 is 0 Å². The SMILES string of the molecule is CCOCc1ccc(CNC(=O)CN2C(=O)NC3(CC(C)CC(C)(C)C3)C2=O)cc1. The molecule has 0 bridgehead atoms. The van der Waals surface area contributed by atoms with Crippen molar-refractivity contribution in [3.8, 4) is 0 Å². The third-order valence-electron chi connectivity index (χ3n) is 5.91. The van der Waals surface area contributed by atoms with Crippen LogP contribution < -0.4 is 10.6 Å². The highest BCUT2D eigenvalue weighted by Crippen LogP contribution is 2.46. The lowest BCUT2D eigenvalue weighted by molar-refractivity contribution is -0.137. The van der Waals surface area contributed by atoms with Crippen LogP contribution in [0.3, 0.4) is 0 Å². The quantitative estimate of drug-likeness (QED) is 0.670. The summed E-state index contributed by atoms with van der Waals surface area (Å²) in [5.74, 6) is -0.294. The summed E-state index contributed by atoms with van der Waals surface area (Å²) in [6.45, 7) is 9.61. The predicted octanol–water partition coefficient (Wildman–Crippen LogP) is 2.98. The number of nitrogens with zero attached hydrogens (tertiary/aromatic N) is 1.